The van der Waals surface area contributed by atoms with E-state index >= 15 is 0 Å². The molecule has 0 atom stereocenters. The van der Waals surface area contributed by atoms with Crippen LogP contribution in [0.3, 0.4) is 0 Å². The first-order valence-corrected chi connectivity index (χ1v) is 18.0. The smallest absolute Gasteiger partial charge is 0.339 e. The van der Waals surface area contributed by atoms with Crippen molar-refractivity contribution < 1.29 is 184 Å². The number of alkyl halides is 42. The van der Waals surface area contributed by atoms with Gasteiger partial charge in [0.2, 0.25) is 0 Å². The summed E-state index contributed by atoms with van der Waals surface area (Å²) in [6.45, 7) is 0. The fourth-order valence-corrected chi connectivity index (χ4v) is 6.21. The van der Waals surface area contributed by atoms with Gasteiger partial charge in [-0.1, -0.05) is 0 Å². The SMILES string of the molecule is N[Si](N)(CCC(F)(F)C(F)(F)C(F)(F)C(F)(F)C(F)(F)C(F)(F)C(F)(F)C(F)(F)C(F)(F)C(F)(F)F)CCC(F)(F)C(F)(F)C(F)(F)C(F)(F)C(F)(F)C(F)(F)C(F)(F)C(F)(F)C(F)(F)C(F)(F)F. The van der Waals surface area contributed by atoms with Crippen LogP contribution in [0.15, 0.2) is 0 Å². The first-order valence-electron chi connectivity index (χ1n) is 15.4. The van der Waals surface area contributed by atoms with Gasteiger partial charge in [-0.15, -0.1) is 0 Å². The highest BCUT2D eigenvalue weighted by Gasteiger charge is 3.00. The van der Waals surface area contributed by atoms with Crippen LogP contribution in [0.1, 0.15) is 12.8 Å². The number of nitrogens with two attached hydrogens (primary N) is 2. The first kappa shape index (κ1) is 66.2. The van der Waals surface area contributed by atoms with Crippen LogP contribution in [-0.2, 0) is 0 Å². The van der Waals surface area contributed by atoms with Gasteiger partial charge in [0.05, 0.1) is 0 Å². The van der Waals surface area contributed by atoms with E-state index in [-0.39, 0.29) is 0 Å². The molecule has 2 nitrogen and oxygen atoms in total. The van der Waals surface area contributed by atoms with Crippen molar-refractivity contribution in [3.8, 4) is 0 Å². The molecule has 0 unspecified atom stereocenters. The molecule has 4 N–H and O–H groups in total. The van der Waals surface area contributed by atoms with Crippen LogP contribution >= 0.6 is 0 Å². The molecule has 0 saturated carbocycles. The highest BCUT2D eigenvalue weighted by atomic mass is 28.3. The largest absolute Gasteiger partial charge is 0.460 e. The Labute approximate surface area is 348 Å². The van der Waals surface area contributed by atoms with Crippen LogP contribution in [-0.4, -0.2) is 127 Å². The minimum Gasteiger partial charge on any atom is -0.339 e. The third-order valence-corrected chi connectivity index (χ3v) is 11.3. The summed E-state index contributed by atoms with van der Waals surface area (Å²) in [5.74, 6) is -165. The van der Waals surface area contributed by atoms with Crippen LogP contribution in [0.25, 0.3) is 0 Å². The zero-order chi connectivity index (χ0) is 57.3. The van der Waals surface area contributed by atoms with E-state index in [1.807, 2.05) is 0 Å². The Morgan fingerprint density at radius 1 is 0.188 bits per heavy atom. The van der Waals surface area contributed by atoms with Crippen LogP contribution in [0.4, 0.5) is 184 Å². The van der Waals surface area contributed by atoms with Gasteiger partial charge in [-0.05, 0) is 12.1 Å². The molecule has 0 aromatic rings. The fraction of sp³-hybridized carbons (Fsp3) is 1.00. The van der Waals surface area contributed by atoms with Crippen LogP contribution < -0.4 is 10.8 Å². The van der Waals surface area contributed by atoms with Crippen molar-refractivity contribution in [3.05, 3.63) is 0 Å². The van der Waals surface area contributed by atoms with E-state index in [0.29, 0.717) is 0 Å². The third kappa shape index (κ3) is 8.68. The van der Waals surface area contributed by atoms with Gasteiger partial charge >= 0.3 is 119 Å². The molecular weight excluding hydrogens is 1140 g/mol. The van der Waals surface area contributed by atoms with Gasteiger partial charge in [-0.2, -0.15) is 184 Å². The van der Waals surface area contributed by atoms with Gasteiger partial charge in [0.25, 0.3) is 0 Å². The Morgan fingerprint density at radius 2 is 0.304 bits per heavy atom. The van der Waals surface area contributed by atoms with Gasteiger partial charge in [0, 0.05) is 12.8 Å². The Hall–Kier alpha value is -2.80. The van der Waals surface area contributed by atoms with E-state index < -0.39 is 152 Å². The molecule has 416 valence electrons. The summed E-state index contributed by atoms with van der Waals surface area (Å²) < 4.78 is 568. The zero-order valence-electron chi connectivity index (χ0n) is 30.4. The molecule has 0 aliphatic heterocycles. The summed E-state index contributed by atoms with van der Waals surface area (Å²) in [6, 6.07) is -6.10. The van der Waals surface area contributed by atoms with Gasteiger partial charge in [-0.3, -0.25) is 0 Å². The number of rotatable bonds is 22. The summed E-state index contributed by atoms with van der Waals surface area (Å²) in [6.07, 6.45) is -24.5. The van der Waals surface area contributed by atoms with Crippen molar-refractivity contribution in [2.24, 2.45) is 10.8 Å². The third-order valence-electron chi connectivity index (χ3n) is 8.96. The fourth-order valence-electron chi connectivity index (χ4n) is 4.40. The standard InChI is InChI=1S/C24H12F42N2Si/c25-5(26,7(29,30)9(33,34)11(37,38)13(41,42)15(45,46)17(49,50)19(53,54)21(57,58)23(61,62)63)1-3-69(67,68)4-2-6(27,28)8(31,32)10(35,36)12(39,40)14(43,44)16(47,48)18(51,52)20(55,56)22(59,60)24(64,65)66/h1-4,67-68H2. The predicted octanol–water partition coefficient (Wildman–Crippen LogP) is 13.7. The van der Waals surface area contributed by atoms with Crippen molar-refractivity contribution >= 4 is 8.40 Å². The second-order valence-corrected chi connectivity index (χ2v) is 17.3. The maximum atomic E-state index is 14.2. The lowest BCUT2D eigenvalue weighted by molar-refractivity contribution is -0.474. The average molecular weight is 1150 g/mol. The van der Waals surface area contributed by atoms with Gasteiger partial charge in [0.15, 0.2) is 8.40 Å². The zero-order valence-corrected chi connectivity index (χ0v) is 31.4. The number of hydrogen-bond acceptors (Lipinski definition) is 2. The summed E-state index contributed by atoms with van der Waals surface area (Å²) in [7, 11) is -6.30. The molecule has 0 radical (unpaired) electrons. The minimum absolute atomic E-state index is 3.05. The molecule has 0 amide bonds. The molecule has 0 aromatic carbocycles. The maximum Gasteiger partial charge on any atom is 0.460 e. The second kappa shape index (κ2) is 16.6. The topological polar surface area (TPSA) is 52.0 Å². The van der Waals surface area contributed by atoms with E-state index in [1.54, 1.807) is 0 Å². The highest BCUT2D eigenvalue weighted by molar-refractivity contribution is 6.73. The Balaban J connectivity index is 7.01. The van der Waals surface area contributed by atoms with Crippen molar-refractivity contribution in [1.82, 2.24) is 0 Å². The molecule has 0 saturated heterocycles. The normalized spacial score (nSPS) is 17.2. The summed E-state index contributed by atoms with van der Waals surface area (Å²) >= 11 is 0. The molecule has 0 spiro atoms. The molecule has 0 rings (SSSR count). The lowest BCUT2D eigenvalue weighted by atomic mass is 9.86. The van der Waals surface area contributed by atoms with E-state index in [0.717, 1.165) is 0 Å². The maximum absolute atomic E-state index is 14.2. The Morgan fingerprint density at radius 3 is 0.435 bits per heavy atom. The van der Waals surface area contributed by atoms with Crippen molar-refractivity contribution in [3.63, 3.8) is 0 Å². The van der Waals surface area contributed by atoms with Crippen molar-refractivity contribution in [2.75, 3.05) is 0 Å². The molecule has 0 aliphatic carbocycles. The minimum atomic E-state index is -9.69. The summed E-state index contributed by atoms with van der Waals surface area (Å²) in [4.78, 5) is 0. The Kier molecular flexibility index (Phi) is 15.9. The first-order chi connectivity index (χ1) is 28.9. The quantitative estimate of drug-likeness (QED) is 0.0838. The molecule has 0 bridgehead atoms. The molecule has 69 heavy (non-hydrogen) atoms. The van der Waals surface area contributed by atoms with Gasteiger partial charge < -0.3 is 10.8 Å². The van der Waals surface area contributed by atoms with Gasteiger partial charge in [-0.25, -0.2) is 0 Å². The van der Waals surface area contributed by atoms with Crippen molar-refractivity contribution in [2.45, 2.75) is 144 Å². The van der Waals surface area contributed by atoms with Gasteiger partial charge in [0.1, 0.15) is 0 Å². The highest BCUT2D eigenvalue weighted by Crippen LogP contribution is 2.69. The van der Waals surface area contributed by atoms with Crippen molar-refractivity contribution in [1.29, 1.82) is 0 Å². The molecule has 0 aromatic heterocycles. The lowest BCUT2D eigenvalue weighted by Crippen LogP contribution is -2.77. The van der Waals surface area contributed by atoms with Crippen LogP contribution in [0.5, 0.6) is 0 Å². The predicted molar refractivity (Wildman–Crippen MR) is 134 cm³/mol. The number of hydrogen-bond donors (Lipinski definition) is 2. The van der Waals surface area contributed by atoms with E-state index in [9.17, 15) is 184 Å². The van der Waals surface area contributed by atoms with E-state index in [4.69, 9.17) is 0 Å². The van der Waals surface area contributed by atoms with Crippen LogP contribution in [0.2, 0.25) is 12.1 Å². The Bertz CT molecular complexity index is 1690. The molecular formula is C24H12F42N2Si. The monoisotopic (exact) mass is 1150 g/mol. The molecule has 0 heterocycles. The molecule has 0 fully saturated rings. The molecule has 0 aliphatic rings. The number of halogens is 42. The van der Waals surface area contributed by atoms with Crippen LogP contribution in [0, 0.1) is 0 Å². The molecule has 45 heteroatoms. The summed E-state index contributed by atoms with van der Waals surface area (Å²) in [5, 5.41) is 9.26. The second-order valence-electron chi connectivity index (χ2n) is 13.8. The lowest BCUT2D eigenvalue weighted by Gasteiger charge is -2.45. The summed E-state index contributed by atoms with van der Waals surface area (Å²) in [5.41, 5.74) is 0. The average Bonchev–Trinajstić information content (AvgIpc) is 3.11. The van der Waals surface area contributed by atoms with E-state index in [1.165, 1.54) is 0 Å². The van der Waals surface area contributed by atoms with E-state index in [2.05, 4.69) is 10.8 Å².